The summed E-state index contributed by atoms with van der Waals surface area (Å²) in [5.41, 5.74) is 0.854. The maximum absolute atomic E-state index is 2.60. The van der Waals surface area contributed by atoms with Gasteiger partial charge in [-0.1, -0.05) is 0 Å². The summed E-state index contributed by atoms with van der Waals surface area (Å²) in [5.74, 6) is 11.2. The van der Waals surface area contributed by atoms with Gasteiger partial charge >= 0.3 is 104 Å². The van der Waals surface area contributed by atoms with Gasteiger partial charge in [0.1, 0.15) is 0 Å². The van der Waals surface area contributed by atoms with Crippen LogP contribution in [0.1, 0.15) is 44.9 Å². The first-order chi connectivity index (χ1) is 7.44. The fraction of sp³-hybridized carbons (Fsp3) is 1.00. The summed E-state index contributed by atoms with van der Waals surface area (Å²) in [5, 5.41) is 1.63. The van der Waals surface area contributed by atoms with Crippen LogP contribution < -0.4 is 0 Å². The Morgan fingerprint density at radius 2 is 1.31 bits per heavy atom. The first-order valence-corrected chi connectivity index (χ1v) is 15.2. The van der Waals surface area contributed by atoms with Gasteiger partial charge < -0.3 is 0 Å². The van der Waals surface area contributed by atoms with Gasteiger partial charge in [0, 0.05) is 0 Å². The van der Waals surface area contributed by atoms with Gasteiger partial charge in [0.2, 0.25) is 0 Å². The molecule has 0 spiro atoms. The van der Waals surface area contributed by atoms with Crippen LogP contribution in [-0.2, 0) is 0 Å². The van der Waals surface area contributed by atoms with Crippen molar-refractivity contribution in [3.8, 4) is 0 Å². The summed E-state index contributed by atoms with van der Waals surface area (Å²) < 4.78 is 0. The molecule has 0 aromatic carbocycles. The van der Waals surface area contributed by atoms with Crippen molar-refractivity contribution in [2.24, 2.45) is 23.2 Å². The molecule has 0 unspecified atom stereocenters. The summed E-state index contributed by atoms with van der Waals surface area (Å²) in [4.78, 5) is 0. The maximum atomic E-state index is 2.60. The molecule has 0 aromatic heterocycles. The average molecular weight is 281 g/mol. The minimum atomic E-state index is -1.28. The predicted molar refractivity (Wildman–Crippen MR) is 73.4 cm³/mol. The van der Waals surface area contributed by atoms with E-state index in [9.17, 15) is 0 Å². The molecule has 4 fully saturated rings. The Morgan fingerprint density at radius 3 is 1.69 bits per heavy atom. The van der Waals surface area contributed by atoms with E-state index in [2.05, 4.69) is 17.3 Å². The predicted octanol–water partition coefficient (Wildman–Crippen LogP) is 4.93. The van der Waals surface area contributed by atoms with Crippen molar-refractivity contribution in [1.29, 1.82) is 0 Å². The van der Waals surface area contributed by atoms with Crippen LogP contribution in [0.25, 0.3) is 0 Å². The van der Waals surface area contributed by atoms with Gasteiger partial charge in [0.15, 0.2) is 0 Å². The summed E-state index contributed by atoms with van der Waals surface area (Å²) in [6.45, 7) is 0. The molecule has 0 heterocycles. The minimum absolute atomic E-state index is 0.854. The fourth-order valence-corrected chi connectivity index (χ4v) is 7.92. The van der Waals surface area contributed by atoms with E-state index in [4.69, 9.17) is 0 Å². The third-order valence-electron chi connectivity index (χ3n) is 5.57. The fourth-order valence-electron chi connectivity index (χ4n) is 5.24. The van der Waals surface area contributed by atoms with E-state index in [0.29, 0.717) is 0 Å². The second-order valence-corrected chi connectivity index (χ2v) is 20.3. The summed E-state index contributed by atoms with van der Waals surface area (Å²) in [6, 6.07) is 0. The summed E-state index contributed by atoms with van der Waals surface area (Å²) in [6.07, 6.45) is 11.3. The summed E-state index contributed by atoms with van der Waals surface area (Å²) >= 11 is -1.28. The molecule has 1 heteroatoms. The number of hydrogen-bond donors (Lipinski definition) is 0. The first-order valence-electron chi connectivity index (χ1n) is 7.44. The first kappa shape index (κ1) is 11.6. The molecule has 4 aliphatic carbocycles. The van der Waals surface area contributed by atoms with Crippen molar-refractivity contribution in [2.45, 2.75) is 67.5 Å². The molecule has 0 amide bonds. The molecule has 4 aliphatic rings. The Balaban J connectivity index is 1.69. The zero-order chi connectivity index (χ0) is 11.4. The second-order valence-electron chi connectivity index (χ2n) is 8.48. The van der Waals surface area contributed by atoms with E-state index < -0.39 is 13.3 Å². The Kier molecular flexibility index (Phi) is 2.74. The molecule has 0 radical (unpaired) electrons. The van der Waals surface area contributed by atoms with Crippen LogP contribution in [0.15, 0.2) is 0 Å². The molecule has 0 saturated heterocycles. The molecule has 4 bridgehead atoms. The Morgan fingerprint density at radius 1 is 0.875 bits per heavy atom. The number of hydrogen-bond acceptors (Lipinski definition) is 0. The van der Waals surface area contributed by atoms with Crippen molar-refractivity contribution >= 4 is 13.3 Å². The molecule has 0 atom stereocenters. The topological polar surface area (TPSA) is 0 Å². The van der Waals surface area contributed by atoms with E-state index in [1.165, 1.54) is 0 Å². The monoisotopic (exact) mass is 282 g/mol. The standard InChI is InChI=1S/C15H28Ge/c1-16(2,3)5-4-15-9-12-6-13(10-15)8-14(7-12)11-15/h12-14H,4-11H2,1-3H3. The van der Waals surface area contributed by atoms with E-state index in [1.807, 2.05) is 0 Å². The summed E-state index contributed by atoms with van der Waals surface area (Å²) in [7, 11) is 0. The van der Waals surface area contributed by atoms with Crippen LogP contribution in [0, 0.1) is 23.2 Å². The van der Waals surface area contributed by atoms with Gasteiger partial charge in [0.05, 0.1) is 0 Å². The van der Waals surface area contributed by atoms with Gasteiger partial charge in [-0.15, -0.1) is 0 Å². The van der Waals surface area contributed by atoms with E-state index in [-0.39, 0.29) is 0 Å². The van der Waals surface area contributed by atoms with Crippen LogP contribution in [0.4, 0.5) is 0 Å². The zero-order valence-electron chi connectivity index (χ0n) is 11.4. The van der Waals surface area contributed by atoms with Crippen molar-refractivity contribution in [3.05, 3.63) is 0 Å². The molecule has 0 aromatic rings. The molecular formula is C15H28Ge. The van der Waals surface area contributed by atoms with Crippen molar-refractivity contribution in [2.75, 3.05) is 0 Å². The SMILES string of the molecule is [CH3][Ge]([CH3])([CH3])[CH2]CC12CC3CC(CC(C3)C1)C2. The van der Waals surface area contributed by atoms with Crippen LogP contribution in [0.2, 0.25) is 22.5 Å². The van der Waals surface area contributed by atoms with Crippen molar-refractivity contribution in [3.63, 3.8) is 0 Å². The zero-order valence-corrected chi connectivity index (χ0v) is 13.5. The molecule has 16 heavy (non-hydrogen) atoms. The van der Waals surface area contributed by atoms with E-state index >= 15 is 0 Å². The molecule has 4 saturated carbocycles. The number of rotatable bonds is 3. The Hall–Kier alpha value is 0.543. The van der Waals surface area contributed by atoms with Crippen LogP contribution in [0.3, 0.4) is 0 Å². The van der Waals surface area contributed by atoms with Crippen LogP contribution >= 0.6 is 0 Å². The third-order valence-corrected chi connectivity index (χ3v) is 9.24. The van der Waals surface area contributed by atoms with Gasteiger partial charge in [-0.3, -0.25) is 0 Å². The Bertz CT molecular complexity index is 238. The van der Waals surface area contributed by atoms with Gasteiger partial charge in [-0.25, -0.2) is 0 Å². The van der Waals surface area contributed by atoms with Crippen molar-refractivity contribution < 1.29 is 0 Å². The van der Waals surface area contributed by atoms with Crippen molar-refractivity contribution in [1.82, 2.24) is 0 Å². The molecule has 0 aliphatic heterocycles. The third kappa shape index (κ3) is 2.24. The molecular weight excluding hydrogens is 253 g/mol. The van der Waals surface area contributed by atoms with E-state index in [0.717, 1.165) is 23.2 Å². The molecule has 4 rings (SSSR count). The normalized spacial score (nSPS) is 46.3. The van der Waals surface area contributed by atoms with Crippen LogP contribution in [-0.4, -0.2) is 13.3 Å². The Labute approximate surface area is 104 Å². The van der Waals surface area contributed by atoms with Gasteiger partial charge in [0.25, 0.3) is 0 Å². The molecule has 0 nitrogen and oxygen atoms in total. The average Bonchev–Trinajstić information content (AvgIpc) is 2.11. The van der Waals surface area contributed by atoms with Gasteiger partial charge in [-0.05, 0) is 0 Å². The quantitative estimate of drug-likeness (QED) is 0.643. The second kappa shape index (κ2) is 3.77. The molecule has 0 N–H and O–H groups in total. The molecule has 92 valence electrons. The van der Waals surface area contributed by atoms with Gasteiger partial charge in [-0.2, -0.15) is 0 Å². The van der Waals surface area contributed by atoms with Crippen LogP contribution in [0.5, 0.6) is 0 Å². The van der Waals surface area contributed by atoms with E-state index in [1.54, 1.807) is 50.2 Å².